The molecule has 3 heteroatoms. The quantitative estimate of drug-likeness (QED) is 0.460. The van der Waals surface area contributed by atoms with E-state index in [0.717, 1.165) is 0 Å². The van der Waals surface area contributed by atoms with Gasteiger partial charge in [-0.2, -0.15) is 0 Å². The number of fused-ring (bicyclic) bond motifs is 9. The van der Waals surface area contributed by atoms with Gasteiger partial charge in [0.15, 0.2) is 0 Å². The molecule has 27 heavy (non-hydrogen) atoms. The van der Waals surface area contributed by atoms with Crippen LogP contribution in [0, 0.1) is 0 Å². The van der Waals surface area contributed by atoms with Gasteiger partial charge >= 0.3 is 0 Å². The number of hydrogen-bond donors (Lipinski definition) is 0. The van der Waals surface area contributed by atoms with Crippen molar-refractivity contribution in [2.45, 2.75) is 49.7 Å². The monoisotopic (exact) mass is 388 g/mol. The van der Waals surface area contributed by atoms with Gasteiger partial charge in [-0.25, -0.2) is 0 Å². The van der Waals surface area contributed by atoms with Gasteiger partial charge in [-0.15, -0.1) is 0 Å². The third kappa shape index (κ3) is 1.88. The van der Waals surface area contributed by atoms with Crippen molar-refractivity contribution >= 4 is 26.9 Å². The Balaban J connectivity index is 2.00. The average Bonchev–Trinajstić information content (AvgIpc) is 3.10. The second kappa shape index (κ2) is 5.02. The molecule has 0 N–H and O–H groups in total. The van der Waals surface area contributed by atoms with Gasteiger partial charge < -0.3 is 4.74 Å². The van der Waals surface area contributed by atoms with Crippen LogP contribution in [0.5, 0.6) is 0 Å². The van der Waals surface area contributed by atoms with Gasteiger partial charge in [0, 0.05) is 0 Å². The Labute approximate surface area is 164 Å². The second-order valence-electron chi connectivity index (χ2n) is 10.3. The number of benzene rings is 3. The van der Waals surface area contributed by atoms with Crippen LogP contribution in [0.3, 0.4) is 0 Å². The maximum Gasteiger partial charge on any atom is 0.108 e. The van der Waals surface area contributed by atoms with Crippen molar-refractivity contribution in [1.29, 1.82) is 0 Å². The maximum absolute atomic E-state index is 7.41. The van der Waals surface area contributed by atoms with E-state index in [4.69, 9.17) is 4.74 Å². The van der Waals surface area contributed by atoms with Gasteiger partial charge in [-0.05, 0) is 45.2 Å². The lowest BCUT2D eigenvalue weighted by Gasteiger charge is -2.39. The number of hydrogen-bond acceptors (Lipinski definition) is 1. The Bertz CT molecular complexity index is 1000. The molecule has 2 aliphatic heterocycles. The maximum atomic E-state index is 7.41. The van der Waals surface area contributed by atoms with Crippen molar-refractivity contribution < 1.29 is 4.74 Å². The van der Waals surface area contributed by atoms with Gasteiger partial charge in [0.05, 0.1) is 16.1 Å². The first-order valence-electron chi connectivity index (χ1n) is 9.97. The summed E-state index contributed by atoms with van der Waals surface area (Å²) in [6.07, 6.45) is 0. The van der Waals surface area contributed by atoms with Gasteiger partial charge in [-0.3, -0.25) is 0 Å². The predicted octanol–water partition coefficient (Wildman–Crippen LogP) is 6.43. The van der Waals surface area contributed by atoms with Crippen LogP contribution >= 0.6 is 0 Å². The molecule has 2 aliphatic rings. The minimum Gasteiger partial charge on any atom is -0.357 e. The van der Waals surface area contributed by atoms with Crippen LogP contribution in [0.2, 0.25) is 39.3 Å². The highest BCUT2D eigenvalue weighted by Crippen LogP contribution is 2.67. The smallest absolute Gasteiger partial charge is 0.108 e. The Hall–Kier alpha value is -1.69. The molecule has 5 rings (SSSR count). The van der Waals surface area contributed by atoms with Crippen LogP contribution in [0.15, 0.2) is 60.7 Å². The third-order valence-electron chi connectivity index (χ3n) is 6.75. The van der Waals surface area contributed by atoms with Crippen molar-refractivity contribution in [3.05, 3.63) is 82.9 Å². The van der Waals surface area contributed by atoms with E-state index in [-0.39, 0.29) is 10.4 Å². The Morgan fingerprint density at radius 1 is 0.556 bits per heavy atom. The standard InChI is InChI=1S/C24H28OSi2/c1-26(2,3)23-19-13-9-10-14-20(19)24(25-23,27(4,5)6)22-16-18-12-8-7-11-17(18)15-21(22)23/h7-16H,1-6H3/t23-,24+. The molecule has 138 valence electrons. The lowest BCUT2D eigenvalue weighted by Crippen LogP contribution is -2.51. The van der Waals surface area contributed by atoms with Gasteiger partial charge in [-0.1, -0.05) is 87.8 Å². The molecular formula is C24H28OSi2. The van der Waals surface area contributed by atoms with Crippen LogP contribution in [-0.4, -0.2) is 16.1 Å². The predicted molar refractivity (Wildman–Crippen MR) is 120 cm³/mol. The molecule has 0 unspecified atom stereocenters. The summed E-state index contributed by atoms with van der Waals surface area (Å²) < 4.78 is 7.41. The van der Waals surface area contributed by atoms with E-state index < -0.39 is 16.1 Å². The molecule has 2 bridgehead atoms. The van der Waals surface area contributed by atoms with Crippen LogP contribution < -0.4 is 0 Å². The van der Waals surface area contributed by atoms with E-state index in [2.05, 4.69) is 99.9 Å². The Morgan fingerprint density at radius 2 is 0.926 bits per heavy atom. The summed E-state index contributed by atoms with van der Waals surface area (Å²) in [5.74, 6) is 0. The molecule has 0 radical (unpaired) electrons. The van der Waals surface area contributed by atoms with E-state index in [9.17, 15) is 0 Å². The highest BCUT2D eigenvalue weighted by Gasteiger charge is 2.70. The summed E-state index contributed by atoms with van der Waals surface area (Å²) in [7, 11) is -3.50. The minimum absolute atomic E-state index is 0.247. The average molecular weight is 389 g/mol. The summed E-state index contributed by atoms with van der Waals surface area (Å²) in [4.78, 5) is 0. The van der Waals surface area contributed by atoms with Crippen LogP contribution in [0.25, 0.3) is 10.8 Å². The van der Waals surface area contributed by atoms with E-state index in [1.807, 2.05) is 0 Å². The summed E-state index contributed by atoms with van der Waals surface area (Å²) in [6, 6.07) is 22.7. The van der Waals surface area contributed by atoms with E-state index >= 15 is 0 Å². The molecule has 2 heterocycles. The molecule has 0 aliphatic carbocycles. The molecular weight excluding hydrogens is 360 g/mol. The fraction of sp³-hybridized carbons (Fsp3) is 0.333. The minimum atomic E-state index is -1.75. The molecule has 3 aromatic rings. The van der Waals surface area contributed by atoms with Crippen LogP contribution in [0.4, 0.5) is 0 Å². The van der Waals surface area contributed by atoms with Crippen molar-refractivity contribution in [2.24, 2.45) is 0 Å². The Morgan fingerprint density at radius 3 is 1.30 bits per heavy atom. The lowest BCUT2D eigenvalue weighted by molar-refractivity contribution is 0.0116. The first kappa shape index (κ1) is 17.4. The van der Waals surface area contributed by atoms with Gasteiger partial charge in [0.25, 0.3) is 0 Å². The topological polar surface area (TPSA) is 9.23 Å². The molecule has 0 amide bonds. The fourth-order valence-corrected chi connectivity index (χ4v) is 10.7. The highest BCUT2D eigenvalue weighted by molar-refractivity contribution is 6.82. The SMILES string of the molecule is C[Si](C)(C)[C@@]12O[C@@]([Si](C)(C)C)(c3ccccc31)c1cc3ccccc3cc12. The molecule has 0 aromatic heterocycles. The zero-order valence-corrected chi connectivity index (χ0v) is 19.2. The number of rotatable bonds is 2. The summed E-state index contributed by atoms with van der Waals surface area (Å²) in [5, 5.41) is 2.16. The van der Waals surface area contributed by atoms with Gasteiger partial charge in [0.1, 0.15) is 10.4 Å². The normalized spacial score (nSPS) is 26.3. The largest absolute Gasteiger partial charge is 0.357 e. The molecule has 0 saturated carbocycles. The third-order valence-corrected chi connectivity index (χ3v) is 12.3. The Kier molecular flexibility index (Phi) is 3.24. The van der Waals surface area contributed by atoms with E-state index in [1.165, 1.54) is 33.0 Å². The van der Waals surface area contributed by atoms with E-state index in [0.29, 0.717) is 0 Å². The van der Waals surface area contributed by atoms with Crippen molar-refractivity contribution in [3.63, 3.8) is 0 Å². The zero-order chi connectivity index (χ0) is 19.2. The van der Waals surface area contributed by atoms with Crippen LogP contribution in [0.1, 0.15) is 22.3 Å². The molecule has 0 fully saturated rings. The fourth-order valence-electron chi connectivity index (χ4n) is 5.58. The first-order valence-corrected chi connectivity index (χ1v) is 17.0. The van der Waals surface area contributed by atoms with Crippen molar-refractivity contribution in [1.82, 2.24) is 0 Å². The summed E-state index contributed by atoms with van der Waals surface area (Å²) in [5.41, 5.74) is 5.77. The first-order chi connectivity index (χ1) is 12.6. The summed E-state index contributed by atoms with van der Waals surface area (Å²) >= 11 is 0. The highest BCUT2D eigenvalue weighted by atomic mass is 28.3. The molecule has 3 aromatic carbocycles. The van der Waals surface area contributed by atoms with Gasteiger partial charge in [0.2, 0.25) is 0 Å². The molecule has 0 saturated heterocycles. The molecule has 0 spiro atoms. The second-order valence-corrected chi connectivity index (χ2v) is 20.7. The van der Waals surface area contributed by atoms with Crippen LogP contribution in [-0.2, 0) is 15.2 Å². The van der Waals surface area contributed by atoms with E-state index in [1.54, 1.807) is 0 Å². The molecule has 1 nitrogen and oxygen atoms in total. The summed E-state index contributed by atoms with van der Waals surface area (Å²) in [6.45, 7) is 14.8. The molecule has 2 atom stereocenters. The zero-order valence-electron chi connectivity index (χ0n) is 17.2. The van der Waals surface area contributed by atoms with Crippen molar-refractivity contribution in [3.8, 4) is 0 Å². The number of ether oxygens (including phenoxy) is 1. The van der Waals surface area contributed by atoms with Crippen molar-refractivity contribution in [2.75, 3.05) is 0 Å². The lowest BCUT2D eigenvalue weighted by atomic mass is 9.83.